The Hall–Kier alpha value is -3.09. The fraction of sp³-hybridized carbons (Fsp3) is 0.350. The number of nitro benzene ring substituents is 1. The van der Waals surface area contributed by atoms with Gasteiger partial charge >= 0.3 is 0 Å². The second-order valence-corrected chi connectivity index (χ2v) is 6.73. The SMILES string of the molecule is O=Cc1ccc(N2CCC[C@H]2c2ccc3c(c2)OCCCO3)c([N+](=O)[O-])c1. The highest BCUT2D eigenvalue weighted by atomic mass is 16.6. The highest BCUT2D eigenvalue weighted by Crippen LogP contribution is 2.42. The molecule has 2 aliphatic heterocycles. The quantitative estimate of drug-likeness (QED) is 0.462. The van der Waals surface area contributed by atoms with Crippen molar-refractivity contribution in [2.75, 3.05) is 24.7 Å². The van der Waals surface area contributed by atoms with Crippen LogP contribution in [-0.4, -0.2) is 31.0 Å². The molecule has 0 spiro atoms. The molecule has 2 heterocycles. The van der Waals surface area contributed by atoms with Crippen molar-refractivity contribution in [3.05, 3.63) is 57.6 Å². The minimum Gasteiger partial charge on any atom is -0.490 e. The lowest BCUT2D eigenvalue weighted by Crippen LogP contribution is -2.23. The lowest BCUT2D eigenvalue weighted by molar-refractivity contribution is -0.384. The van der Waals surface area contributed by atoms with Crippen molar-refractivity contribution >= 4 is 17.7 Å². The molecule has 27 heavy (non-hydrogen) atoms. The number of fused-ring (bicyclic) bond motifs is 1. The van der Waals surface area contributed by atoms with Gasteiger partial charge in [-0.25, -0.2) is 0 Å². The summed E-state index contributed by atoms with van der Waals surface area (Å²) in [6.07, 6.45) is 3.30. The second kappa shape index (κ2) is 7.26. The van der Waals surface area contributed by atoms with Crippen LogP contribution in [0.1, 0.15) is 41.2 Å². The van der Waals surface area contributed by atoms with Crippen LogP contribution in [0.4, 0.5) is 11.4 Å². The molecule has 0 radical (unpaired) electrons. The molecule has 4 rings (SSSR count). The van der Waals surface area contributed by atoms with Crippen molar-refractivity contribution in [3.8, 4) is 11.5 Å². The second-order valence-electron chi connectivity index (χ2n) is 6.73. The largest absolute Gasteiger partial charge is 0.490 e. The summed E-state index contributed by atoms with van der Waals surface area (Å²) < 4.78 is 11.5. The number of rotatable bonds is 4. The van der Waals surface area contributed by atoms with E-state index in [1.807, 2.05) is 23.1 Å². The molecule has 0 saturated carbocycles. The molecule has 0 bridgehead atoms. The van der Waals surface area contributed by atoms with Crippen LogP contribution in [0.3, 0.4) is 0 Å². The Labute approximate surface area is 156 Å². The Morgan fingerprint density at radius 3 is 2.67 bits per heavy atom. The third-order valence-electron chi connectivity index (χ3n) is 5.05. The molecule has 0 N–H and O–H groups in total. The number of benzene rings is 2. The number of nitro groups is 1. The molecule has 0 amide bonds. The van der Waals surface area contributed by atoms with Gasteiger partial charge < -0.3 is 14.4 Å². The summed E-state index contributed by atoms with van der Waals surface area (Å²) in [5.41, 5.74) is 1.85. The van der Waals surface area contributed by atoms with Crippen LogP contribution in [0.2, 0.25) is 0 Å². The van der Waals surface area contributed by atoms with Gasteiger partial charge in [0, 0.05) is 24.6 Å². The van der Waals surface area contributed by atoms with E-state index >= 15 is 0 Å². The van der Waals surface area contributed by atoms with Crippen LogP contribution in [0.25, 0.3) is 0 Å². The average molecular weight is 368 g/mol. The summed E-state index contributed by atoms with van der Waals surface area (Å²) in [6, 6.07) is 10.5. The molecule has 2 aliphatic rings. The fourth-order valence-corrected chi connectivity index (χ4v) is 3.79. The molecule has 2 aromatic rings. The van der Waals surface area contributed by atoms with E-state index in [1.54, 1.807) is 12.1 Å². The van der Waals surface area contributed by atoms with E-state index in [4.69, 9.17) is 9.47 Å². The maximum absolute atomic E-state index is 11.5. The number of carbonyl (C=O) groups excluding carboxylic acids is 1. The Morgan fingerprint density at radius 1 is 1.07 bits per heavy atom. The van der Waals surface area contributed by atoms with Gasteiger partial charge in [-0.2, -0.15) is 0 Å². The first-order valence-corrected chi connectivity index (χ1v) is 9.07. The van der Waals surface area contributed by atoms with Gasteiger partial charge in [0.15, 0.2) is 11.5 Å². The van der Waals surface area contributed by atoms with Crippen molar-refractivity contribution in [1.29, 1.82) is 0 Å². The molecule has 140 valence electrons. The molecule has 1 saturated heterocycles. The van der Waals surface area contributed by atoms with Crippen molar-refractivity contribution in [1.82, 2.24) is 0 Å². The van der Waals surface area contributed by atoms with Gasteiger partial charge in [0.25, 0.3) is 5.69 Å². The van der Waals surface area contributed by atoms with Crippen LogP contribution in [-0.2, 0) is 0 Å². The highest BCUT2D eigenvalue weighted by Gasteiger charge is 2.31. The zero-order valence-corrected chi connectivity index (χ0v) is 14.8. The summed E-state index contributed by atoms with van der Waals surface area (Å²) in [5.74, 6) is 1.46. The molecule has 0 unspecified atom stereocenters. The maximum Gasteiger partial charge on any atom is 0.293 e. The monoisotopic (exact) mass is 368 g/mol. The molecule has 1 fully saturated rings. The number of carbonyl (C=O) groups is 1. The topological polar surface area (TPSA) is 81.9 Å². The third-order valence-corrected chi connectivity index (χ3v) is 5.05. The Morgan fingerprint density at radius 2 is 1.89 bits per heavy atom. The summed E-state index contributed by atoms with van der Waals surface area (Å²) in [7, 11) is 0. The predicted octanol–water partition coefficient (Wildman–Crippen LogP) is 3.91. The first-order valence-electron chi connectivity index (χ1n) is 9.07. The maximum atomic E-state index is 11.5. The third kappa shape index (κ3) is 3.32. The fourth-order valence-electron chi connectivity index (χ4n) is 3.79. The molecule has 7 nitrogen and oxygen atoms in total. The summed E-state index contributed by atoms with van der Waals surface area (Å²) in [4.78, 5) is 24.2. The minimum absolute atomic E-state index is 0.0166. The molecular formula is C20H20N2O5. The highest BCUT2D eigenvalue weighted by molar-refractivity contribution is 5.80. The van der Waals surface area contributed by atoms with Crippen LogP contribution >= 0.6 is 0 Å². The van der Waals surface area contributed by atoms with Crippen molar-refractivity contribution in [3.63, 3.8) is 0 Å². The summed E-state index contributed by atoms with van der Waals surface area (Å²) in [5, 5.41) is 11.5. The normalized spacial score (nSPS) is 18.8. The smallest absolute Gasteiger partial charge is 0.293 e. The number of aldehydes is 1. The summed E-state index contributed by atoms with van der Waals surface area (Å²) >= 11 is 0. The zero-order valence-electron chi connectivity index (χ0n) is 14.8. The summed E-state index contributed by atoms with van der Waals surface area (Å²) in [6.45, 7) is 1.97. The van der Waals surface area contributed by atoms with Gasteiger partial charge in [-0.3, -0.25) is 14.9 Å². The van der Waals surface area contributed by atoms with E-state index in [1.165, 1.54) is 6.07 Å². The van der Waals surface area contributed by atoms with Crippen molar-refractivity contribution in [2.45, 2.75) is 25.3 Å². The molecule has 2 aromatic carbocycles. The van der Waals surface area contributed by atoms with Gasteiger partial charge in [0.05, 0.1) is 24.2 Å². The van der Waals surface area contributed by atoms with Crippen molar-refractivity contribution in [2.24, 2.45) is 0 Å². The van der Waals surface area contributed by atoms with Crippen LogP contribution in [0.15, 0.2) is 36.4 Å². The number of hydrogen-bond donors (Lipinski definition) is 0. The first kappa shape index (κ1) is 17.3. The molecule has 1 atom stereocenters. The lowest BCUT2D eigenvalue weighted by Gasteiger charge is -2.27. The Bertz CT molecular complexity index is 883. The van der Waals surface area contributed by atoms with Gasteiger partial charge in [-0.05, 0) is 42.7 Å². The first-order chi connectivity index (χ1) is 13.2. The average Bonchev–Trinajstić information content (AvgIpc) is 3.05. The van der Waals surface area contributed by atoms with Crippen molar-refractivity contribution < 1.29 is 19.2 Å². The van der Waals surface area contributed by atoms with E-state index in [0.29, 0.717) is 30.8 Å². The van der Waals surface area contributed by atoms with Crippen LogP contribution < -0.4 is 14.4 Å². The molecule has 0 aromatic heterocycles. The Kier molecular flexibility index (Phi) is 4.66. The minimum atomic E-state index is -0.425. The predicted molar refractivity (Wildman–Crippen MR) is 99.9 cm³/mol. The van der Waals surface area contributed by atoms with E-state index < -0.39 is 4.92 Å². The van der Waals surface area contributed by atoms with E-state index in [2.05, 4.69) is 0 Å². The molecule has 0 aliphatic carbocycles. The number of anilines is 1. The zero-order chi connectivity index (χ0) is 18.8. The van der Waals surface area contributed by atoms with E-state index in [-0.39, 0.29) is 11.7 Å². The van der Waals surface area contributed by atoms with Gasteiger partial charge in [0.2, 0.25) is 0 Å². The van der Waals surface area contributed by atoms with Gasteiger partial charge in [0.1, 0.15) is 12.0 Å². The molecular weight excluding hydrogens is 348 g/mol. The molecule has 7 heteroatoms. The number of hydrogen-bond acceptors (Lipinski definition) is 6. The van der Waals surface area contributed by atoms with Crippen LogP contribution in [0.5, 0.6) is 11.5 Å². The number of ether oxygens (including phenoxy) is 2. The lowest BCUT2D eigenvalue weighted by atomic mass is 10.0. The van der Waals surface area contributed by atoms with Gasteiger partial charge in [-0.15, -0.1) is 0 Å². The Balaban J connectivity index is 1.70. The van der Waals surface area contributed by atoms with Gasteiger partial charge in [-0.1, -0.05) is 6.07 Å². The standard InChI is InChI=1S/C20H20N2O5/c23-13-14-4-6-17(18(11-14)22(24)25)21-8-1-3-16(21)15-5-7-19-20(12-15)27-10-2-9-26-19/h4-7,11-13,16H,1-3,8-10H2/t16-/m0/s1. The number of nitrogens with zero attached hydrogens (tertiary/aromatic N) is 2. The van der Waals surface area contributed by atoms with E-state index in [0.717, 1.165) is 42.9 Å². The van der Waals surface area contributed by atoms with Crippen LogP contribution in [0, 0.1) is 10.1 Å². The van der Waals surface area contributed by atoms with E-state index in [9.17, 15) is 14.9 Å².